The number of amides is 5. The topological polar surface area (TPSA) is 285 Å². The number of benzene rings is 4. The number of guanidine groups is 1. The molecule has 4 aromatic rings. The maximum Gasteiger partial charge on any atom is 0.243 e. The van der Waals surface area contributed by atoms with Gasteiger partial charge in [0.2, 0.25) is 29.5 Å². The lowest BCUT2D eigenvalue weighted by molar-refractivity contribution is -0.135. The zero-order chi connectivity index (χ0) is 62.6. The second-order valence-corrected chi connectivity index (χ2v) is 23.8. The third kappa shape index (κ3) is 24.3. The van der Waals surface area contributed by atoms with E-state index in [4.69, 9.17) is 10.5 Å². The molecule has 19 nitrogen and oxygen atoms in total. The Morgan fingerprint density at radius 2 is 1.33 bits per heavy atom. The average molecular weight is 1180 g/mol. The highest BCUT2D eigenvalue weighted by molar-refractivity contribution is 5.98. The molecular formula is C67H93N9O10. The number of nitrogens with one attached hydrogen (secondary N) is 7. The van der Waals surface area contributed by atoms with Crippen molar-refractivity contribution in [3.63, 3.8) is 0 Å². The molecule has 7 atom stereocenters. The number of Topliss-reactive ketones (excluding diaryl/α,β-unsaturated/α-hetero) is 4. The maximum atomic E-state index is 15.1. The molecule has 0 aliphatic carbocycles. The van der Waals surface area contributed by atoms with Gasteiger partial charge >= 0.3 is 0 Å². The van der Waals surface area contributed by atoms with E-state index in [0.29, 0.717) is 55.6 Å². The molecule has 0 unspecified atom stereocenters. The first kappa shape index (κ1) is 69.0. The van der Waals surface area contributed by atoms with Gasteiger partial charge in [-0.1, -0.05) is 111 Å². The molecule has 1 fully saturated rings. The van der Waals surface area contributed by atoms with E-state index in [9.17, 15) is 38.4 Å². The first-order valence-corrected chi connectivity index (χ1v) is 30.6. The fourth-order valence-electron chi connectivity index (χ4n) is 10.6. The number of ketones is 4. The van der Waals surface area contributed by atoms with Crippen LogP contribution in [0.5, 0.6) is 5.75 Å². The van der Waals surface area contributed by atoms with Crippen molar-refractivity contribution in [3.05, 3.63) is 114 Å². The summed E-state index contributed by atoms with van der Waals surface area (Å²) >= 11 is 0. The van der Waals surface area contributed by atoms with Gasteiger partial charge in [-0.15, -0.1) is 0 Å². The standard InChI is InChI=1S/C67H93N9O10/c1-8-9-11-23-50-41-60(80)57(38-46-27-31-54(32-28-46)86-67(3,4)5)76-65(85)58(39-45-19-12-10-13-20-45)73-61(81)33-30-51(64(84)74-55(44(2)77)24-16-17-34-69-6)40-53(78)43-72-62(82)52(37-47-26-29-48-21-14-15-22-49(48)36-47)42-59(79)56(75-63(50)83)25-18-35-71-66(68)70-7/h10,12-15,19-22,26-29,31-32,36,50-52,55-58,69H,8-9,11,16-18,23-25,30,33-35,37-43H2,1-7H3,(H,72,82)(H,73,81)(H,74,84)(H,75,83)(H,76,85)(H3,68,70,71)/t50-,51+,52-,55+,56-,57+,58+/m1/s1. The number of aliphatic imine (C=N–C) groups is 1. The lowest BCUT2D eigenvalue weighted by Crippen LogP contribution is -2.53. The van der Waals surface area contributed by atoms with Crippen LogP contribution >= 0.6 is 0 Å². The number of nitrogens with zero attached hydrogens (tertiary/aromatic N) is 1. The molecule has 4 aromatic carbocycles. The number of ether oxygens (including phenoxy) is 1. The number of hydrogen-bond acceptors (Lipinski definition) is 12. The second kappa shape index (κ2) is 35.6. The van der Waals surface area contributed by atoms with Crippen molar-refractivity contribution in [3.8, 4) is 5.75 Å². The predicted octanol–water partition coefficient (Wildman–Crippen LogP) is 6.49. The molecule has 0 spiro atoms. The van der Waals surface area contributed by atoms with Gasteiger partial charge in [0.25, 0.3) is 0 Å². The van der Waals surface area contributed by atoms with E-state index in [1.54, 1.807) is 48.5 Å². The molecule has 86 heavy (non-hydrogen) atoms. The number of carbonyl (C=O) groups excluding carboxylic acids is 9. The quantitative estimate of drug-likeness (QED) is 0.0224. The van der Waals surface area contributed by atoms with Crippen molar-refractivity contribution in [2.24, 2.45) is 28.5 Å². The second-order valence-electron chi connectivity index (χ2n) is 23.8. The number of hydrogen-bond donors (Lipinski definition) is 8. The lowest BCUT2D eigenvalue weighted by Gasteiger charge is -2.26. The molecule has 466 valence electrons. The van der Waals surface area contributed by atoms with Crippen molar-refractivity contribution in [2.75, 3.05) is 33.7 Å². The summed E-state index contributed by atoms with van der Waals surface area (Å²) in [4.78, 5) is 134. The van der Waals surface area contributed by atoms with E-state index in [1.165, 1.54) is 14.0 Å². The van der Waals surface area contributed by atoms with Gasteiger partial charge in [0, 0.05) is 63.5 Å². The Balaban J connectivity index is 1.60. The summed E-state index contributed by atoms with van der Waals surface area (Å²) in [6.07, 6.45) is 3.16. The Bertz CT molecular complexity index is 2930. The minimum absolute atomic E-state index is 0.0101. The first-order valence-electron chi connectivity index (χ1n) is 30.6. The minimum Gasteiger partial charge on any atom is -0.488 e. The maximum absolute atomic E-state index is 15.1. The first-order chi connectivity index (χ1) is 41.1. The van der Waals surface area contributed by atoms with E-state index in [1.807, 2.05) is 83.3 Å². The Morgan fingerprint density at radius 3 is 2.01 bits per heavy atom. The van der Waals surface area contributed by atoms with Crippen LogP contribution in [0.4, 0.5) is 0 Å². The van der Waals surface area contributed by atoms with Gasteiger partial charge in [0.05, 0.1) is 24.7 Å². The highest BCUT2D eigenvalue weighted by Crippen LogP contribution is 2.25. The molecule has 5 amide bonds. The SMILES string of the molecule is CCCCC[C@@H]1CC(=O)[C@H](Cc2ccc(OC(C)(C)C)cc2)NC(=O)[C@H](Cc2ccccc2)NC(=O)CC[C@H](C(=O)N[C@@H](CCCCNC)C(C)=O)CC(=O)CNC(=O)[C@H](Cc2ccc3ccccc3c2)CC(=O)[C@@H](CCCNC(N)=NC)NC1=O. The number of nitrogens with two attached hydrogens (primary N) is 1. The highest BCUT2D eigenvalue weighted by Gasteiger charge is 2.35. The van der Waals surface area contributed by atoms with Crippen LogP contribution in [0.25, 0.3) is 10.8 Å². The van der Waals surface area contributed by atoms with Gasteiger partial charge in [0.15, 0.2) is 29.1 Å². The van der Waals surface area contributed by atoms with Crippen LogP contribution in [0.3, 0.4) is 0 Å². The molecule has 1 aliphatic heterocycles. The van der Waals surface area contributed by atoms with Gasteiger partial charge in [-0.2, -0.15) is 0 Å². The Hall–Kier alpha value is -7.80. The fraction of sp³-hybridized carbons (Fsp3) is 0.522. The normalized spacial score (nSPS) is 20.7. The molecule has 0 saturated carbocycles. The van der Waals surface area contributed by atoms with Crippen LogP contribution in [0.1, 0.15) is 141 Å². The Morgan fingerprint density at radius 1 is 0.674 bits per heavy atom. The lowest BCUT2D eigenvalue weighted by atomic mass is 9.88. The molecule has 19 heteroatoms. The largest absolute Gasteiger partial charge is 0.488 e. The van der Waals surface area contributed by atoms with Crippen LogP contribution in [-0.2, 0) is 62.4 Å². The Kier molecular flexibility index (Phi) is 28.6. The van der Waals surface area contributed by atoms with Crippen LogP contribution < -0.4 is 47.7 Å². The van der Waals surface area contributed by atoms with Gasteiger partial charge in [-0.25, -0.2) is 0 Å². The van der Waals surface area contributed by atoms with Gasteiger partial charge < -0.3 is 47.7 Å². The average Bonchev–Trinajstić information content (AvgIpc) is 3.42. The van der Waals surface area contributed by atoms with Crippen molar-refractivity contribution >= 4 is 69.4 Å². The van der Waals surface area contributed by atoms with E-state index in [2.05, 4.69) is 42.2 Å². The van der Waals surface area contributed by atoms with Gasteiger partial charge in [-0.3, -0.25) is 48.1 Å². The summed E-state index contributed by atoms with van der Waals surface area (Å²) in [6, 6.07) is 25.2. The summed E-state index contributed by atoms with van der Waals surface area (Å²) in [6.45, 7) is 9.66. The van der Waals surface area contributed by atoms with Crippen molar-refractivity contribution in [1.82, 2.24) is 37.2 Å². The summed E-state index contributed by atoms with van der Waals surface area (Å²) in [7, 11) is 3.35. The monoisotopic (exact) mass is 1180 g/mol. The molecule has 9 N–H and O–H groups in total. The molecular weight excluding hydrogens is 1090 g/mol. The third-order valence-electron chi connectivity index (χ3n) is 15.4. The van der Waals surface area contributed by atoms with Crippen LogP contribution in [-0.4, -0.2) is 122 Å². The highest BCUT2D eigenvalue weighted by atomic mass is 16.5. The zero-order valence-electron chi connectivity index (χ0n) is 51.5. The number of carbonyl (C=O) groups is 9. The summed E-state index contributed by atoms with van der Waals surface area (Å²) < 4.78 is 6.08. The molecule has 0 aromatic heterocycles. The molecule has 1 heterocycles. The molecule has 1 saturated heterocycles. The molecule has 1 aliphatic rings. The number of fused-ring (bicyclic) bond motifs is 1. The molecule has 0 bridgehead atoms. The van der Waals surface area contributed by atoms with Crippen LogP contribution in [0, 0.1) is 17.8 Å². The van der Waals surface area contributed by atoms with E-state index in [-0.39, 0.29) is 69.5 Å². The van der Waals surface area contributed by atoms with Gasteiger partial charge in [-0.05, 0) is 139 Å². The van der Waals surface area contributed by atoms with E-state index >= 15 is 4.79 Å². The minimum atomic E-state index is -1.24. The molecule has 0 radical (unpaired) electrons. The van der Waals surface area contributed by atoms with E-state index in [0.717, 1.165) is 35.6 Å². The molecule has 5 rings (SSSR count). The van der Waals surface area contributed by atoms with Crippen LogP contribution in [0.2, 0.25) is 0 Å². The third-order valence-corrected chi connectivity index (χ3v) is 15.4. The summed E-state index contributed by atoms with van der Waals surface area (Å²) in [5.41, 5.74) is 7.59. The summed E-state index contributed by atoms with van der Waals surface area (Å²) in [5.74, 6) is -7.14. The van der Waals surface area contributed by atoms with E-state index < -0.39 is 107 Å². The van der Waals surface area contributed by atoms with Crippen LogP contribution in [0.15, 0.2) is 102 Å². The number of unbranched alkanes of at least 4 members (excludes halogenated alkanes) is 3. The smallest absolute Gasteiger partial charge is 0.243 e. The predicted molar refractivity (Wildman–Crippen MR) is 335 cm³/mol. The van der Waals surface area contributed by atoms with Crippen molar-refractivity contribution < 1.29 is 47.9 Å². The van der Waals surface area contributed by atoms with Crippen molar-refractivity contribution in [2.45, 2.75) is 174 Å². The fourth-order valence-corrected chi connectivity index (χ4v) is 10.6. The van der Waals surface area contributed by atoms with Gasteiger partial charge in [0.1, 0.15) is 17.4 Å². The Labute approximate surface area is 507 Å². The van der Waals surface area contributed by atoms with Crippen molar-refractivity contribution in [1.29, 1.82) is 0 Å². The zero-order valence-corrected chi connectivity index (χ0v) is 51.5. The summed E-state index contributed by atoms with van der Waals surface area (Å²) in [5, 5.41) is 22.4. The number of rotatable bonds is 23.